The van der Waals surface area contributed by atoms with Gasteiger partial charge in [-0.25, -0.2) is 4.31 Å². The molecule has 1 aliphatic heterocycles. The van der Waals surface area contributed by atoms with E-state index in [4.69, 9.17) is 0 Å². The smallest absolute Gasteiger partial charge is 0.235 e. The van der Waals surface area contributed by atoms with E-state index in [9.17, 15) is 13.2 Å². The third-order valence-electron chi connectivity index (χ3n) is 3.68. The van der Waals surface area contributed by atoms with Crippen LogP contribution in [0.3, 0.4) is 0 Å². The lowest BCUT2D eigenvalue weighted by molar-refractivity contribution is -0.142. The number of nitrogens with zero attached hydrogens (tertiary/aromatic N) is 1. The molecule has 1 heterocycles. The highest BCUT2D eigenvalue weighted by atomic mass is 127. The summed E-state index contributed by atoms with van der Waals surface area (Å²) in [6, 6.07) is 0.0954. The summed E-state index contributed by atoms with van der Waals surface area (Å²) in [5, 5.41) is 0. The van der Waals surface area contributed by atoms with Gasteiger partial charge in [0, 0.05) is 33.3 Å². The van der Waals surface area contributed by atoms with E-state index in [0.717, 1.165) is 19.3 Å². The topological polar surface area (TPSA) is 3.24 Å². The Morgan fingerprint density at radius 1 is 1.25 bits per heavy atom. The lowest BCUT2D eigenvalue weighted by Gasteiger charge is -2.31. The predicted octanol–water partition coefficient (Wildman–Crippen LogP) is 4.57. The number of fused-ring (bicyclic) bond motifs is 1. The second-order valence-corrected chi connectivity index (χ2v) is 6.49. The number of alkyl halides is 3. The van der Waals surface area contributed by atoms with Gasteiger partial charge >= 0.3 is 6.18 Å². The van der Waals surface area contributed by atoms with Crippen molar-refractivity contribution in [2.75, 3.05) is 0 Å². The fraction of sp³-hybridized carbons (Fsp3) is 1.00. The number of hydrogen-bond acceptors (Lipinski definition) is 2. The highest BCUT2D eigenvalue weighted by Gasteiger charge is 2.46. The normalized spacial score (nSPS) is 36.4. The molecule has 1 saturated heterocycles. The minimum Gasteiger partial charge on any atom is -0.235 e. The van der Waals surface area contributed by atoms with Gasteiger partial charge in [-0.3, -0.25) is 0 Å². The lowest BCUT2D eigenvalue weighted by atomic mass is 9.85. The van der Waals surface area contributed by atoms with E-state index in [0.29, 0.717) is 12.0 Å². The van der Waals surface area contributed by atoms with Gasteiger partial charge in [-0.15, -0.1) is 0 Å². The summed E-state index contributed by atoms with van der Waals surface area (Å²) in [5.41, 5.74) is 0. The van der Waals surface area contributed by atoms with Crippen LogP contribution in [0.1, 0.15) is 38.5 Å². The Bertz CT molecular complexity index is 249. The fourth-order valence-electron chi connectivity index (χ4n) is 3.07. The van der Waals surface area contributed by atoms with Crippen molar-refractivity contribution in [1.29, 1.82) is 0 Å². The van der Waals surface area contributed by atoms with Crippen LogP contribution in [0, 0.1) is 5.92 Å². The van der Waals surface area contributed by atoms with Gasteiger partial charge in [-0.1, -0.05) is 12.8 Å². The first-order valence-corrected chi connectivity index (χ1v) is 8.96. The zero-order valence-corrected chi connectivity index (χ0v) is 11.8. The molecule has 0 spiro atoms. The van der Waals surface area contributed by atoms with Crippen molar-refractivity contribution in [1.82, 2.24) is 4.31 Å². The summed E-state index contributed by atoms with van der Waals surface area (Å²) in [6.07, 6.45) is 0.633. The molecule has 0 N–H and O–H groups in total. The summed E-state index contributed by atoms with van der Waals surface area (Å²) in [7, 11) is 1.47. The molecular weight excluding hydrogens is 350 g/mol. The molecule has 0 aromatic rings. The van der Waals surface area contributed by atoms with Gasteiger partial charge in [0.25, 0.3) is 0 Å². The van der Waals surface area contributed by atoms with E-state index in [1.54, 1.807) is 0 Å². The first kappa shape index (κ1) is 13.3. The second-order valence-electron chi connectivity index (χ2n) is 4.75. The average Bonchev–Trinajstić information content (AvgIpc) is 2.51. The summed E-state index contributed by atoms with van der Waals surface area (Å²) in [6.45, 7) is 0. The van der Waals surface area contributed by atoms with E-state index >= 15 is 0 Å². The summed E-state index contributed by atoms with van der Waals surface area (Å²) < 4.78 is 39.4. The van der Waals surface area contributed by atoms with E-state index in [-0.39, 0.29) is 6.04 Å². The predicted molar refractivity (Wildman–Crippen MR) is 68.3 cm³/mol. The van der Waals surface area contributed by atoms with Gasteiger partial charge in [0.2, 0.25) is 0 Å². The summed E-state index contributed by atoms with van der Waals surface area (Å²) in [4.78, 5) is 0. The molecule has 0 bridgehead atoms. The van der Waals surface area contributed by atoms with Crippen LogP contribution in [0.2, 0.25) is 0 Å². The Morgan fingerprint density at radius 3 is 2.56 bits per heavy atom. The molecule has 0 amide bonds. The first-order chi connectivity index (χ1) is 7.51. The summed E-state index contributed by atoms with van der Waals surface area (Å²) >= 11 is 2.12. The van der Waals surface area contributed by atoms with Gasteiger partial charge in [-0.05, 0) is 34.3 Å². The van der Waals surface area contributed by atoms with Crippen LogP contribution in [-0.4, -0.2) is 22.6 Å². The number of hydrogen-bond donors (Lipinski definition) is 0. The first-order valence-electron chi connectivity index (χ1n) is 5.65. The van der Waals surface area contributed by atoms with Gasteiger partial charge in [0.05, 0.1) is 6.42 Å². The zero-order valence-electron chi connectivity index (χ0n) is 8.84. The lowest BCUT2D eigenvalue weighted by Crippen LogP contribution is -2.34. The standard InChI is InChI=1S/C10H15F3INS/c11-10(12,13)6-8-5-7-3-1-2-4-9(7)15(8)16-14/h7-9H,1-6H2/t7-,8-,9+/m0/s1. The van der Waals surface area contributed by atoms with E-state index in [2.05, 4.69) is 21.2 Å². The van der Waals surface area contributed by atoms with Crippen molar-refractivity contribution in [2.24, 2.45) is 5.92 Å². The van der Waals surface area contributed by atoms with E-state index in [1.165, 1.54) is 22.0 Å². The molecule has 1 aliphatic carbocycles. The monoisotopic (exact) mass is 365 g/mol. The van der Waals surface area contributed by atoms with E-state index in [1.807, 2.05) is 4.31 Å². The molecular formula is C10H15F3INS. The van der Waals surface area contributed by atoms with Crippen LogP contribution in [-0.2, 0) is 0 Å². The van der Waals surface area contributed by atoms with Crippen LogP contribution < -0.4 is 0 Å². The van der Waals surface area contributed by atoms with Crippen molar-refractivity contribution >= 4 is 30.3 Å². The highest BCUT2D eigenvalue weighted by molar-refractivity contribution is 14.2. The molecule has 0 aromatic carbocycles. The zero-order chi connectivity index (χ0) is 11.8. The third kappa shape index (κ3) is 2.98. The molecule has 2 fully saturated rings. The third-order valence-corrected chi connectivity index (χ3v) is 5.77. The maximum Gasteiger partial charge on any atom is 0.390 e. The minimum absolute atomic E-state index is 0.296. The van der Waals surface area contributed by atoms with Crippen molar-refractivity contribution < 1.29 is 13.2 Å². The van der Waals surface area contributed by atoms with E-state index < -0.39 is 12.6 Å². The van der Waals surface area contributed by atoms with Crippen molar-refractivity contribution in [2.45, 2.75) is 56.8 Å². The molecule has 2 rings (SSSR count). The molecule has 94 valence electrons. The van der Waals surface area contributed by atoms with Gasteiger partial charge in [-0.2, -0.15) is 13.2 Å². The molecule has 0 unspecified atom stereocenters. The molecule has 0 radical (unpaired) electrons. The van der Waals surface area contributed by atoms with Gasteiger partial charge < -0.3 is 0 Å². The molecule has 16 heavy (non-hydrogen) atoms. The SMILES string of the molecule is FC(F)(F)C[C@@H]1C[C@@H]2CCCC[C@H]2N1SI. The van der Waals surface area contributed by atoms with Crippen molar-refractivity contribution in [3.8, 4) is 0 Å². The number of halogens is 4. The molecule has 6 heteroatoms. The Labute approximate surface area is 110 Å². The Morgan fingerprint density at radius 2 is 1.94 bits per heavy atom. The largest absolute Gasteiger partial charge is 0.390 e. The van der Waals surface area contributed by atoms with Gasteiger partial charge in [0.15, 0.2) is 0 Å². The molecule has 1 saturated carbocycles. The highest BCUT2D eigenvalue weighted by Crippen LogP contribution is 2.47. The quantitative estimate of drug-likeness (QED) is 0.521. The Kier molecular flexibility index (Phi) is 4.33. The van der Waals surface area contributed by atoms with Crippen molar-refractivity contribution in [3.63, 3.8) is 0 Å². The fourth-order valence-corrected chi connectivity index (χ4v) is 5.56. The molecule has 3 atom stereocenters. The Hall–Kier alpha value is 0.830. The van der Waals surface area contributed by atoms with Gasteiger partial charge in [0.1, 0.15) is 0 Å². The molecule has 1 nitrogen and oxygen atoms in total. The molecule has 0 aromatic heterocycles. The van der Waals surface area contributed by atoms with Crippen LogP contribution >= 0.6 is 30.3 Å². The summed E-state index contributed by atoms with van der Waals surface area (Å²) in [5.74, 6) is 0.503. The maximum atomic E-state index is 12.5. The average molecular weight is 365 g/mol. The second kappa shape index (κ2) is 5.22. The maximum absolute atomic E-state index is 12.5. The van der Waals surface area contributed by atoms with Crippen LogP contribution in [0.15, 0.2) is 0 Å². The Balaban J connectivity index is 2.03. The van der Waals surface area contributed by atoms with Crippen molar-refractivity contribution in [3.05, 3.63) is 0 Å². The van der Waals surface area contributed by atoms with Crippen LogP contribution in [0.25, 0.3) is 0 Å². The number of rotatable bonds is 2. The minimum atomic E-state index is -4.03. The van der Waals surface area contributed by atoms with Crippen LogP contribution in [0.5, 0.6) is 0 Å². The van der Waals surface area contributed by atoms with Crippen LogP contribution in [0.4, 0.5) is 13.2 Å². The molecule has 2 aliphatic rings.